The fraction of sp³-hybridized carbons (Fsp3) is 0.529. The number of likely N-dealkylation sites (tertiary alicyclic amines) is 1. The molecule has 1 aliphatic rings. The number of piperidine rings is 1. The number of thiazole rings is 1. The number of hydrogen-bond donors (Lipinski definition) is 0. The average molecular weight is 345 g/mol. The van der Waals surface area contributed by atoms with E-state index >= 15 is 0 Å². The summed E-state index contributed by atoms with van der Waals surface area (Å²) in [5.74, 6) is 0.488. The molecule has 2 aromatic heterocycles. The zero-order chi connectivity index (χ0) is 16.9. The smallest absolute Gasteiger partial charge is 0.272 e. The first-order chi connectivity index (χ1) is 11.6. The molecule has 1 fully saturated rings. The van der Waals surface area contributed by atoms with E-state index < -0.39 is 0 Å². The van der Waals surface area contributed by atoms with Crippen molar-refractivity contribution in [3.05, 3.63) is 40.4 Å². The molecule has 0 N–H and O–H groups in total. The third-order valence-electron chi connectivity index (χ3n) is 4.32. The van der Waals surface area contributed by atoms with Gasteiger partial charge in [0.25, 0.3) is 5.91 Å². The molecule has 0 saturated carbocycles. The predicted molar refractivity (Wildman–Crippen MR) is 93.9 cm³/mol. The van der Waals surface area contributed by atoms with E-state index in [-0.39, 0.29) is 5.91 Å². The molecule has 7 heteroatoms. The third-order valence-corrected chi connectivity index (χ3v) is 4.95. The van der Waals surface area contributed by atoms with Gasteiger partial charge in [-0.2, -0.15) is 0 Å². The average Bonchev–Trinajstić information content (AvgIpc) is 3.07. The molecule has 24 heavy (non-hydrogen) atoms. The van der Waals surface area contributed by atoms with Crippen LogP contribution in [0.25, 0.3) is 0 Å². The number of nitrogens with zero attached hydrogens (tertiary/aromatic N) is 5. The lowest BCUT2D eigenvalue weighted by molar-refractivity contribution is 0.0821. The van der Waals surface area contributed by atoms with Crippen LogP contribution in [0.3, 0.4) is 0 Å². The van der Waals surface area contributed by atoms with Crippen molar-refractivity contribution in [1.29, 1.82) is 0 Å². The molecule has 1 atom stereocenters. The predicted octanol–water partition coefficient (Wildman–Crippen LogP) is 2.09. The van der Waals surface area contributed by atoms with E-state index in [2.05, 4.69) is 25.2 Å². The number of aromatic nitrogens is 3. The fourth-order valence-electron chi connectivity index (χ4n) is 3.16. The van der Waals surface area contributed by atoms with Gasteiger partial charge in [-0.05, 0) is 37.8 Å². The molecule has 1 unspecified atom stereocenters. The lowest BCUT2D eigenvalue weighted by atomic mass is 9.93. The van der Waals surface area contributed by atoms with Gasteiger partial charge in [0.2, 0.25) is 0 Å². The second kappa shape index (κ2) is 7.81. The third kappa shape index (κ3) is 4.36. The summed E-state index contributed by atoms with van der Waals surface area (Å²) < 4.78 is 0. The van der Waals surface area contributed by atoms with Gasteiger partial charge in [0.05, 0.1) is 11.2 Å². The molecule has 0 bridgehead atoms. The highest BCUT2D eigenvalue weighted by molar-refractivity contribution is 7.07. The Kier molecular flexibility index (Phi) is 5.52. The Hall–Kier alpha value is -1.86. The van der Waals surface area contributed by atoms with Gasteiger partial charge in [0, 0.05) is 38.3 Å². The van der Waals surface area contributed by atoms with Gasteiger partial charge >= 0.3 is 0 Å². The number of carbonyl (C=O) groups excluding carboxylic acids is 1. The topological polar surface area (TPSA) is 62.2 Å². The van der Waals surface area contributed by atoms with Crippen molar-refractivity contribution in [2.45, 2.75) is 25.8 Å². The molecular formula is C17H23N5OS. The van der Waals surface area contributed by atoms with E-state index in [1.165, 1.54) is 19.2 Å². The van der Waals surface area contributed by atoms with Crippen LogP contribution < -0.4 is 0 Å². The minimum atomic E-state index is -0.0764. The number of rotatable bonds is 5. The van der Waals surface area contributed by atoms with Crippen molar-refractivity contribution < 1.29 is 4.79 Å². The van der Waals surface area contributed by atoms with E-state index in [0.29, 0.717) is 11.6 Å². The van der Waals surface area contributed by atoms with Gasteiger partial charge in [-0.1, -0.05) is 0 Å². The van der Waals surface area contributed by atoms with Crippen molar-refractivity contribution in [2.24, 2.45) is 5.92 Å². The summed E-state index contributed by atoms with van der Waals surface area (Å²) in [6.45, 7) is 3.11. The highest BCUT2D eigenvalue weighted by atomic mass is 32.1. The zero-order valence-electron chi connectivity index (χ0n) is 14.2. The summed E-state index contributed by atoms with van der Waals surface area (Å²) in [6, 6.07) is 1.84. The maximum Gasteiger partial charge on any atom is 0.272 e. The van der Waals surface area contributed by atoms with Gasteiger partial charge in [-0.3, -0.25) is 9.69 Å². The molecule has 6 nitrogen and oxygen atoms in total. The van der Waals surface area contributed by atoms with Gasteiger partial charge in [0.15, 0.2) is 0 Å². The van der Waals surface area contributed by atoms with Gasteiger partial charge in [0.1, 0.15) is 12.0 Å². The minimum Gasteiger partial charge on any atom is -0.343 e. The second-order valence-corrected chi connectivity index (χ2v) is 7.24. The lowest BCUT2D eigenvalue weighted by Gasteiger charge is -2.32. The van der Waals surface area contributed by atoms with E-state index in [1.807, 2.05) is 11.6 Å². The maximum atomic E-state index is 12.0. The molecular weight excluding hydrogens is 322 g/mol. The summed E-state index contributed by atoms with van der Waals surface area (Å²) >= 11 is 1.65. The first-order valence-electron chi connectivity index (χ1n) is 8.24. The Morgan fingerprint density at radius 3 is 2.96 bits per heavy atom. The molecule has 0 spiro atoms. The second-order valence-electron chi connectivity index (χ2n) is 6.52. The quantitative estimate of drug-likeness (QED) is 0.830. The Morgan fingerprint density at radius 1 is 1.33 bits per heavy atom. The van der Waals surface area contributed by atoms with E-state index in [1.54, 1.807) is 30.3 Å². The van der Waals surface area contributed by atoms with Crippen LogP contribution in [0, 0.1) is 5.92 Å². The molecule has 2 aromatic rings. The summed E-state index contributed by atoms with van der Waals surface area (Å²) in [5.41, 5.74) is 4.47. The van der Waals surface area contributed by atoms with Crippen molar-refractivity contribution in [3.8, 4) is 0 Å². The zero-order valence-corrected chi connectivity index (χ0v) is 15.0. The van der Waals surface area contributed by atoms with Crippen LogP contribution in [0.1, 0.15) is 34.7 Å². The van der Waals surface area contributed by atoms with Gasteiger partial charge in [-0.25, -0.2) is 15.0 Å². The van der Waals surface area contributed by atoms with E-state index in [4.69, 9.17) is 0 Å². The minimum absolute atomic E-state index is 0.0764. The Balaban J connectivity index is 1.61. The molecule has 0 radical (unpaired) electrons. The standard InChI is InChI=1S/C17H23N5OS/c1-21(2)17(23)16-7-14(18-11-19-16)6-13-4-3-5-22(8-13)9-15-10-24-12-20-15/h7,10-13H,3-6,8-9H2,1-2H3. The molecule has 1 aliphatic heterocycles. The summed E-state index contributed by atoms with van der Waals surface area (Å²) in [4.78, 5) is 28.9. The van der Waals surface area contributed by atoms with Crippen molar-refractivity contribution in [3.63, 3.8) is 0 Å². The maximum absolute atomic E-state index is 12.0. The number of carbonyl (C=O) groups is 1. The van der Waals surface area contributed by atoms with E-state index in [0.717, 1.165) is 37.4 Å². The summed E-state index contributed by atoms with van der Waals surface area (Å²) in [7, 11) is 3.48. The molecule has 0 aliphatic carbocycles. The molecule has 1 amide bonds. The molecule has 1 saturated heterocycles. The molecule has 0 aromatic carbocycles. The highest BCUT2D eigenvalue weighted by Crippen LogP contribution is 2.22. The molecule has 3 rings (SSSR count). The van der Waals surface area contributed by atoms with Crippen LogP contribution in [-0.4, -0.2) is 57.8 Å². The van der Waals surface area contributed by atoms with Crippen LogP contribution in [0.15, 0.2) is 23.3 Å². The van der Waals surface area contributed by atoms with Gasteiger partial charge < -0.3 is 4.90 Å². The molecule has 3 heterocycles. The van der Waals surface area contributed by atoms with Crippen molar-refractivity contribution in [2.75, 3.05) is 27.2 Å². The summed E-state index contributed by atoms with van der Waals surface area (Å²) in [5, 5.41) is 2.12. The first-order valence-corrected chi connectivity index (χ1v) is 9.18. The number of amides is 1. The Morgan fingerprint density at radius 2 is 2.21 bits per heavy atom. The highest BCUT2D eigenvalue weighted by Gasteiger charge is 2.22. The fourth-order valence-corrected chi connectivity index (χ4v) is 3.71. The normalized spacial score (nSPS) is 18.5. The SMILES string of the molecule is CN(C)C(=O)c1cc(CC2CCCN(Cc3cscn3)C2)ncn1. The molecule has 128 valence electrons. The van der Waals surface area contributed by atoms with E-state index in [9.17, 15) is 4.79 Å². The van der Waals surface area contributed by atoms with Crippen LogP contribution in [0.5, 0.6) is 0 Å². The van der Waals surface area contributed by atoms with Gasteiger partial charge in [-0.15, -0.1) is 11.3 Å². The lowest BCUT2D eigenvalue weighted by Crippen LogP contribution is -2.36. The summed E-state index contributed by atoms with van der Waals surface area (Å²) in [6.07, 6.45) is 4.80. The van der Waals surface area contributed by atoms with Crippen LogP contribution in [0.4, 0.5) is 0 Å². The van der Waals surface area contributed by atoms with Crippen molar-refractivity contribution in [1.82, 2.24) is 24.8 Å². The Bertz CT molecular complexity index is 673. The monoisotopic (exact) mass is 345 g/mol. The Labute approximate surface area is 146 Å². The van der Waals surface area contributed by atoms with Crippen LogP contribution >= 0.6 is 11.3 Å². The van der Waals surface area contributed by atoms with Crippen LogP contribution in [0.2, 0.25) is 0 Å². The van der Waals surface area contributed by atoms with Crippen LogP contribution in [-0.2, 0) is 13.0 Å². The largest absolute Gasteiger partial charge is 0.343 e. The first kappa shape index (κ1) is 17.0. The van der Waals surface area contributed by atoms with Crippen molar-refractivity contribution >= 4 is 17.2 Å². The number of hydrogen-bond acceptors (Lipinski definition) is 6.